The molecule has 0 atom stereocenters. The van der Waals surface area contributed by atoms with Gasteiger partial charge in [-0.1, -0.05) is 0 Å². The molecule has 1 N–H and O–H groups in total. The molecule has 0 aromatic carbocycles. The molecule has 2 aromatic heterocycles. The number of anilines is 1. The predicted molar refractivity (Wildman–Crippen MR) is 106 cm³/mol. The van der Waals surface area contributed by atoms with Crippen LogP contribution in [-0.4, -0.2) is 36.9 Å². The highest BCUT2D eigenvalue weighted by molar-refractivity contribution is 7.90. The van der Waals surface area contributed by atoms with E-state index in [1.54, 1.807) is 0 Å². The van der Waals surface area contributed by atoms with Gasteiger partial charge >= 0.3 is 0 Å². The lowest BCUT2D eigenvalue weighted by Crippen LogP contribution is -2.24. The Morgan fingerprint density at radius 1 is 1.19 bits per heavy atom. The Balaban J connectivity index is 1.50. The molecular weight excluding hydrogens is 366 g/mol. The van der Waals surface area contributed by atoms with Crippen LogP contribution in [0.3, 0.4) is 0 Å². The van der Waals surface area contributed by atoms with E-state index in [-0.39, 0.29) is 11.2 Å². The van der Waals surface area contributed by atoms with E-state index in [1.807, 2.05) is 11.3 Å². The monoisotopic (exact) mass is 391 g/mol. The maximum absolute atomic E-state index is 11.8. The molecule has 2 heterocycles. The Kier molecular flexibility index (Phi) is 3.84. The van der Waals surface area contributed by atoms with Gasteiger partial charge in [0, 0.05) is 29.0 Å². The quantitative estimate of drug-likeness (QED) is 0.813. The number of hydrogen-bond acceptors (Lipinski definition) is 6. The molecule has 7 heteroatoms. The summed E-state index contributed by atoms with van der Waals surface area (Å²) in [6, 6.07) is 0. The topological polar surface area (TPSA) is 72.0 Å². The van der Waals surface area contributed by atoms with Gasteiger partial charge in [-0.3, -0.25) is 0 Å². The molecule has 2 aromatic rings. The summed E-state index contributed by atoms with van der Waals surface area (Å²) in [5, 5.41) is 4.78. The molecule has 5 nitrogen and oxygen atoms in total. The van der Waals surface area contributed by atoms with Crippen LogP contribution in [0.15, 0.2) is 0 Å². The summed E-state index contributed by atoms with van der Waals surface area (Å²) < 4.78 is 23.5. The number of aryl methyl sites for hydroxylation is 2. The van der Waals surface area contributed by atoms with Gasteiger partial charge in [-0.05, 0) is 56.9 Å². The van der Waals surface area contributed by atoms with E-state index >= 15 is 0 Å². The summed E-state index contributed by atoms with van der Waals surface area (Å²) in [4.78, 5) is 12.4. The molecule has 3 aliphatic rings. The van der Waals surface area contributed by atoms with Crippen molar-refractivity contribution in [2.24, 2.45) is 5.41 Å². The highest BCUT2D eigenvalue weighted by Crippen LogP contribution is 2.48. The minimum absolute atomic E-state index is 0.0965. The number of sulfone groups is 1. The van der Waals surface area contributed by atoms with Crippen LogP contribution in [0.1, 0.15) is 60.7 Å². The lowest BCUT2D eigenvalue weighted by atomic mass is 9.97. The SMILES string of the molecule is CS(=O)(=O)CC1(CNc2nc(C3CC3)nc3sc4c(c23)CCCC4)CC1. The van der Waals surface area contributed by atoms with Crippen molar-refractivity contribution in [2.45, 2.75) is 57.3 Å². The van der Waals surface area contributed by atoms with Gasteiger partial charge in [-0.25, -0.2) is 18.4 Å². The molecule has 0 spiro atoms. The van der Waals surface area contributed by atoms with Crippen molar-refractivity contribution >= 4 is 37.2 Å². The summed E-state index contributed by atoms with van der Waals surface area (Å²) in [5.74, 6) is 2.73. The molecule has 2 fully saturated rings. The summed E-state index contributed by atoms with van der Waals surface area (Å²) in [7, 11) is -2.95. The number of hydrogen-bond donors (Lipinski definition) is 1. The van der Waals surface area contributed by atoms with E-state index in [0.717, 1.165) is 42.2 Å². The number of rotatable bonds is 6. The number of nitrogens with zero attached hydrogens (tertiary/aromatic N) is 2. The van der Waals surface area contributed by atoms with Crippen LogP contribution in [0.4, 0.5) is 5.82 Å². The van der Waals surface area contributed by atoms with Crippen LogP contribution in [-0.2, 0) is 22.7 Å². The molecule has 5 rings (SSSR count). The summed E-state index contributed by atoms with van der Waals surface area (Å²) in [5.41, 5.74) is 1.34. The van der Waals surface area contributed by atoms with Gasteiger partial charge in [0.2, 0.25) is 0 Å². The molecule has 140 valence electrons. The Bertz CT molecular complexity index is 972. The van der Waals surface area contributed by atoms with Crippen molar-refractivity contribution in [1.82, 2.24) is 9.97 Å². The van der Waals surface area contributed by atoms with Gasteiger partial charge < -0.3 is 5.32 Å². The highest BCUT2D eigenvalue weighted by Gasteiger charge is 2.45. The second-order valence-electron chi connectivity index (χ2n) is 8.52. The fourth-order valence-corrected chi connectivity index (χ4v) is 6.97. The number of nitrogens with one attached hydrogen (secondary N) is 1. The van der Waals surface area contributed by atoms with Gasteiger partial charge in [-0.15, -0.1) is 11.3 Å². The molecule has 0 radical (unpaired) electrons. The maximum Gasteiger partial charge on any atom is 0.148 e. The first-order valence-corrected chi connectivity index (χ1v) is 12.5. The van der Waals surface area contributed by atoms with Crippen LogP contribution in [0.2, 0.25) is 0 Å². The zero-order valence-corrected chi connectivity index (χ0v) is 16.8. The maximum atomic E-state index is 11.8. The van der Waals surface area contributed by atoms with Crippen LogP contribution in [0, 0.1) is 5.41 Å². The van der Waals surface area contributed by atoms with Gasteiger partial charge in [0.1, 0.15) is 26.3 Å². The average Bonchev–Trinajstić information content (AvgIpc) is 3.50. The third kappa shape index (κ3) is 3.24. The first-order chi connectivity index (χ1) is 12.4. The molecule has 0 saturated heterocycles. The van der Waals surface area contributed by atoms with Crippen LogP contribution in [0.5, 0.6) is 0 Å². The van der Waals surface area contributed by atoms with Crippen molar-refractivity contribution in [1.29, 1.82) is 0 Å². The standard InChI is InChI=1S/C19H25N3O2S2/c1-26(23,24)11-19(8-9-19)10-20-17-15-13-4-2-3-5-14(13)25-18(15)22-16(21-17)12-6-7-12/h12H,2-11H2,1H3,(H,20,21,22). The van der Waals surface area contributed by atoms with E-state index < -0.39 is 9.84 Å². The van der Waals surface area contributed by atoms with Crippen molar-refractivity contribution in [3.05, 3.63) is 16.3 Å². The first-order valence-electron chi connectivity index (χ1n) is 9.66. The fourth-order valence-electron chi connectivity index (χ4n) is 4.20. The minimum Gasteiger partial charge on any atom is -0.369 e. The van der Waals surface area contributed by atoms with Gasteiger partial charge in [0.25, 0.3) is 0 Å². The summed E-state index contributed by atoms with van der Waals surface area (Å²) >= 11 is 1.85. The second kappa shape index (κ2) is 5.89. The molecule has 0 bridgehead atoms. The molecule has 26 heavy (non-hydrogen) atoms. The Labute approximate surface area is 158 Å². The Morgan fingerprint density at radius 3 is 2.65 bits per heavy atom. The van der Waals surface area contributed by atoms with Gasteiger partial charge in [0.05, 0.1) is 11.1 Å². The third-order valence-electron chi connectivity index (χ3n) is 5.93. The molecule has 0 aliphatic heterocycles. The van der Waals surface area contributed by atoms with E-state index in [0.29, 0.717) is 12.5 Å². The lowest BCUT2D eigenvalue weighted by Gasteiger charge is -2.17. The van der Waals surface area contributed by atoms with Crippen molar-refractivity contribution in [2.75, 3.05) is 23.9 Å². The number of aromatic nitrogens is 2. The third-order valence-corrected chi connectivity index (χ3v) is 8.25. The second-order valence-corrected chi connectivity index (χ2v) is 11.7. The van der Waals surface area contributed by atoms with E-state index in [1.165, 1.54) is 47.8 Å². The Morgan fingerprint density at radius 2 is 1.96 bits per heavy atom. The Hall–Kier alpha value is -1.21. The largest absolute Gasteiger partial charge is 0.369 e. The minimum atomic E-state index is -2.95. The van der Waals surface area contributed by atoms with Crippen molar-refractivity contribution in [3.63, 3.8) is 0 Å². The van der Waals surface area contributed by atoms with E-state index in [2.05, 4.69) is 5.32 Å². The van der Waals surface area contributed by atoms with E-state index in [9.17, 15) is 8.42 Å². The smallest absolute Gasteiger partial charge is 0.148 e. The highest BCUT2D eigenvalue weighted by atomic mass is 32.2. The normalized spacial score (nSPS) is 21.6. The van der Waals surface area contributed by atoms with Gasteiger partial charge in [-0.2, -0.15) is 0 Å². The molecule has 0 amide bonds. The molecule has 3 aliphatic carbocycles. The number of fused-ring (bicyclic) bond motifs is 3. The lowest BCUT2D eigenvalue weighted by molar-refractivity contribution is 0.560. The fraction of sp³-hybridized carbons (Fsp3) is 0.684. The predicted octanol–water partition coefficient (Wildman–Crippen LogP) is 3.68. The first kappa shape index (κ1) is 16.9. The van der Waals surface area contributed by atoms with Crippen molar-refractivity contribution in [3.8, 4) is 0 Å². The van der Waals surface area contributed by atoms with E-state index in [4.69, 9.17) is 9.97 Å². The van der Waals surface area contributed by atoms with Crippen LogP contribution >= 0.6 is 11.3 Å². The van der Waals surface area contributed by atoms with Crippen molar-refractivity contribution < 1.29 is 8.42 Å². The van der Waals surface area contributed by atoms with Crippen LogP contribution in [0.25, 0.3) is 10.2 Å². The summed E-state index contributed by atoms with van der Waals surface area (Å²) in [6.45, 7) is 0.695. The van der Waals surface area contributed by atoms with Gasteiger partial charge in [0.15, 0.2) is 0 Å². The number of thiophene rings is 1. The molecule has 2 saturated carbocycles. The van der Waals surface area contributed by atoms with Crippen LogP contribution < -0.4 is 5.32 Å². The summed E-state index contributed by atoms with van der Waals surface area (Å²) in [6.07, 6.45) is 10.5. The molecule has 0 unspecified atom stereocenters. The molecular formula is C19H25N3O2S2. The zero-order chi connectivity index (χ0) is 17.9. The zero-order valence-electron chi connectivity index (χ0n) is 15.2. The average molecular weight is 392 g/mol.